The molecule has 0 fully saturated rings. The molecule has 0 radical (unpaired) electrons. The van der Waals surface area contributed by atoms with Crippen molar-refractivity contribution in [3.05, 3.63) is 12.2 Å². The summed E-state index contributed by atoms with van der Waals surface area (Å²) in [5.41, 5.74) is 0. The van der Waals surface area contributed by atoms with E-state index in [2.05, 4.69) is 13.8 Å². The van der Waals surface area contributed by atoms with E-state index in [0.29, 0.717) is 6.42 Å². The highest BCUT2D eigenvalue weighted by molar-refractivity contribution is 5.76. The van der Waals surface area contributed by atoms with E-state index in [-0.39, 0.29) is 5.91 Å². The Labute approximate surface area is 282 Å². The predicted octanol–water partition coefficient (Wildman–Crippen LogP) is 12.9. The summed E-state index contributed by atoms with van der Waals surface area (Å²) in [4.78, 5) is 13.7. The van der Waals surface area contributed by atoms with E-state index in [1.165, 1.54) is 191 Å². The summed E-state index contributed by atoms with van der Waals surface area (Å²) >= 11 is 0. The molecule has 0 saturated heterocycles. The van der Waals surface area contributed by atoms with Crippen molar-refractivity contribution in [1.82, 2.24) is 4.90 Å². The highest BCUT2D eigenvalue weighted by atomic mass is 16.3. The number of unbranched alkanes of at least 4 members (excludes halogenated alkanes) is 31. The first-order chi connectivity index (χ1) is 22.2. The van der Waals surface area contributed by atoms with Gasteiger partial charge in [0.25, 0.3) is 0 Å². The molecule has 0 aromatic carbocycles. The van der Waals surface area contributed by atoms with Gasteiger partial charge in [-0.3, -0.25) is 9.69 Å². The van der Waals surface area contributed by atoms with Crippen molar-refractivity contribution in [2.45, 2.75) is 238 Å². The fourth-order valence-electron chi connectivity index (χ4n) is 6.41. The zero-order chi connectivity index (χ0) is 32.9. The Kier molecular flexibility index (Phi) is 36.9. The van der Waals surface area contributed by atoms with Crippen LogP contribution < -0.4 is 0 Å². The second kappa shape index (κ2) is 37.6. The minimum absolute atomic E-state index is 0.151. The van der Waals surface area contributed by atoms with Crippen molar-refractivity contribution < 1.29 is 15.0 Å². The number of hydrogen-bond acceptors (Lipinski definition) is 3. The number of aliphatic hydroxyl groups is 2. The first-order valence-electron chi connectivity index (χ1n) is 20.4. The topological polar surface area (TPSA) is 60.8 Å². The molecule has 4 nitrogen and oxygen atoms in total. The molecule has 0 aromatic rings. The van der Waals surface area contributed by atoms with Crippen LogP contribution in [0.15, 0.2) is 12.2 Å². The lowest BCUT2D eigenvalue weighted by atomic mass is 10.0. The maximum Gasteiger partial charge on any atom is 0.226 e. The van der Waals surface area contributed by atoms with Gasteiger partial charge in [-0.05, 0) is 25.3 Å². The lowest BCUT2D eigenvalue weighted by Crippen LogP contribution is -2.39. The van der Waals surface area contributed by atoms with Crippen LogP contribution in [0.2, 0.25) is 0 Å². The Hall–Kier alpha value is -0.870. The van der Waals surface area contributed by atoms with E-state index >= 15 is 0 Å². The second-order valence-corrected chi connectivity index (χ2v) is 14.0. The molecular formula is C41H81NO3. The monoisotopic (exact) mass is 636 g/mol. The van der Waals surface area contributed by atoms with Gasteiger partial charge >= 0.3 is 0 Å². The maximum absolute atomic E-state index is 12.5. The van der Waals surface area contributed by atoms with Gasteiger partial charge in [0.1, 0.15) is 13.0 Å². The molecule has 0 heterocycles. The summed E-state index contributed by atoms with van der Waals surface area (Å²) < 4.78 is 0. The summed E-state index contributed by atoms with van der Waals surface area (Å²) in [6.45, 7) is 4.13. The van der Waals surface area contributed by atoms with E-state index < -0.39 is 13.0 Å². The molecule has 1 unspecified atom stereocenters. The van der Waals surface area contributed by atoms with E-state index in [0.717, 1.165) is 25.7 Å². The number of nitrogens with zero attached hydrogens (tertiary/aromatic N) is 1. The van der Waals surface area contributed by atoms with Crippen LogP contribution in [0.25, 0.3) is 0 Å². The SMILES string of the molecule is CCCCCCCCCCCCCC=CC(O)N(CO)C(=O)CCCCCCCCCCCCCCCCCCCCCCC. The van der Waals surface area contributed by atoms with Crippen molar-refractivity contribution in [2.75, 3.05) is 6.73 Å². The van der Waals surface area contributed by atoms with Crippen LogP contribution in [0.3, 0.4) is 0 Å². The summed E-state index contributed by atoms with van der Waals surface area (Å²) in [5, 5.41) is 20.0. The number of carbonyl (C=O) groups excluding carboxylic acids is 1. The van der Waals surface area contributed by atoms with Gasteiger partial charge in [-0.15, -0.1) is 0 Å². The Bertz CT molecular complexity index is 608. The molecule has 0 aliphatic heterocycles. The molecule has 4 heteroatoms. The summed E-state index contributed by atoms with van der Waals surface area (Å²) in [6.07, 6.45) is 46.8. The predicted molar refractivity (Wildman–Crippen MR) is 197 cm³/mol. The Morgan fingerprint density at radius 1 is 0.489 bits per heavy atom. The zero-order valence-corrected chi connectivity index (χ0v) is 30.7. The van der Waals surface area contributed by atoms with Crippen LogP contribution in [0.1, 0.15) is 232 Å². The van der Waals surface area contributed by atoms with E-state index in [1.54, 1.807) is 6.08 Å². The molecule has 45 heavy (non-hydrogen) atoms. The molecular weight excluding hydrogens is 554 g/mol. The van der Waals surface area contributed by atoms with E-state index in [1.807, 2.05) is 6.08 Å². The third-order valence-electron chi connectivity index (χ3n) is 9.57. The molecule has 0 aromatic heterocycles. The van der Waals surface area contributed by atoms with Crippen LogP contribution in [0.5, 0.6) is 0 Å². The number of aliphatic hydroxyl groups excluding tert-OH is 2. The van der Waals surface area contributed by atoms with Gasteiger partial charge in [-0.25, -0.2) is 0 Å². The van der Waals surface area contributed by atoms with Crippen molar-refractivity contribution in [3.63, 3.8) is 0 Å². The number of carbonyl (C=O) groups is 1. The van der Waals surface area contributed by atoms with Gasteiger partial charge < -0.3 is 10.2 Å². The first-order valence-corrected chi connectivity index (χ1v) is 20.4. The van der Waals surface area contributed by atoms with Crippen LogP contribution in [-0.2, 0) is 4.79 Å². The van der Waals surface area contributed by atoms with Gasteiger partial charge in [-0.1, -0.05) is 213 Å². The largest absolute Gasteiger partial charge is 0.376 e. The third kappa shape index (κ3) is 32.8. The van der Waals surface area contributed by atoms with E-state index in [4.69, 9.17) is 0 Å². The number of amides is 1. The van der Waals surface area contributed by atoms with Crippen molar-refractivity contribution in [1.29, 1.82) is 0 Å². The molecule has 1 atom stereocenters. The van der Waals surface area contributed by atoms with Crippen molar-refractivity contribution >= 4 is 5.91 Å². The molecule has 0 bridgehead atoms. The van der Waals surface area contributed by atoms with Gasteiger partial charge in [0, 0.05) is 6.42 Å². The minimum Gasteiger partial charge on any atom is -0.376 e. The van der Waals surface area contributed by atoms with Crippen molar-refractivity contribution in [3.8, 4) is 0 Å². The van der Waals surface area contributed by atoms with Gasteiger partial charge in [0.2, 0.25) is 5.91 Å². The molecule has 2 N–H and O–H groups in total. The Morgan fingerprint density at radius 3 is 1.09 bits per heavy atom. The smallest absolute Gasteiger partial charge is 0.226 e. The molecule has 268 valence electrons. The Balaban J connectivity index is 3.52. The van der Waals surface area contributed by atoms with E-state index in [9.17, 15) is 15.0 Å². The molecule has 0 saturated carbocycles. The van der Waals surface area contributed by atoms with Gasteiger partial charge in [0.15, 0.2) is 0 Å². The minimum atomic E-state index is -1.02. The second-order valence-electron chi connectivity index (χ2n) is 14.0. The fraction of sp³-hybridized carbons (Fsp3) is 0.927. The molecule has 0 spiro atoms. The van der Waals surface area contributed by atoms with Crippen molar-refractivity contribution in [2.24, 2.45) is 0 Å². The van der Waals surface area contributed by atoms with Gasteiger partial charge in [0.05, 0.1) is 0 Å². The van der Waals surface area contributed by atoms with Crippen LogP contribution in [-0.4, -0.2) is 34.0 Å². The average Bonchev–Trinajstić information content (AvgIpc) is 3.04. The maximum atomic E-state index is 12.5. The lowest BCUT2D eigenvalue weighted by molar-refractivity contribution is -0.144. The summed E-state index contributed by atoms with van der Waals surface area (Å²) in [7, 11) is 0. The number of rotatable bonds is 37. The molecule has 0 aliphatic rings. The highest BCUT2D eigenvalue weighted by Gasteiger charge is 2.18. The lowest BCUT2D eigenvalue weighted by Gasteiger charge is -2.23. The summed E-state index contributed by atoms with van der Waals surface area (Å²) in [5.74, 6) is -0.151. The van der Waals surface area contributed by atoms with Crippen LogP contribution >= 0.6 is 0 Å². The fourth-order valence-corrected chi connectivity index (χ4v) is 6.41. The zero-order valence-electron chi connectivity index (χ0n) is 30.7. The molecule has 1 amide bonds. The number of allylic oxidation sites excluding steroid dienone is 1. The highest BCUT2D eigenvalue weighted by Crippen LogP contribution is 2.16. The normalized spacial score (nSPS) is 12.4. The third-order valence-corrected chi connectivity index (χ3v) is 9.57. The van der Waals surface area contributed by atoms with Gasteiger partial charge in [-0.2, -0.15) is 0 Å². The Morgan fingerprint density at radius 2 is 0.778 bits per heavy atom. The number of hydrogen-bond donors (Lipinski definition) is 2. The van der Waals surface area contributed by atoms with Crippen LogP contribution in [0, 0.1) is 0 Å². The molecule has 0 aliphatic carbocycles. The molecule has 0 rings (SSSR count). The quantitative estimate of drug-likeness (QED) is 0.0405. The van der Waals surface area contributed by atoms with Crippen LogP contribution in [0.4, 0.5) is 0 Å². The average molecular weight is 636 g/mol. The first kappa shape index (κ1) is 44.1. The standard InChI is InChI=1S/C41H81NO3/c1-3-5-7-9-11-13-15-17-18-19-20-21-22-23-24-26-28-30-32-34-36-38-41(45)42(39-43)40(44)37-35-33-31-29-27-25-16-14-12-10-8-6-4-2/h35,37,40,43-44H,3-34,36,38-39H2,1-2H3. The summed E-state index contributed by atoms with van der Waals surface area (Å²) in [6, 6.07) is 0.